The second-order valence-electron chi connectivity index (χ2n) is 7.00. The van der Waals surface area contributed by atoms with Gasteiger partial charge >= 0.3 is 0 Å². The molecule has 2 atom stereocenters. The van der Waals surface area contributed by atoms with Crippen molar-refractivity contribution in [1.29, 1.82) is 0 Å². The molecule has 0 unspecified atom stereocenters. The summed E-state index contributed by atoms with van der Waals surface area (Å²) < 4.78 is 5.40. The summed E-state index contributed by atoms with van der Waals surface area (Å²) >= 11 is 0. The summed E-state index contributed by atoms with van der Waals surface area (Å²) in [5, 5.41) is 0. The first-order chi connectivity index (χ1) is 9.61. The molecule has 2 aliphatic rings. The maximum atomic E-state index is 5.40. The lowest BCUT2D eigenvalue weighted by Crippen LogP contribution is -2.47. The fourth-order valence-electron chi connectivity index (χ4n) is 3.56. The molecule has 0 radical (unpaired) electrons. The Bertz CT molecular complexity index is 468. The zero-order chi connectivity index (χ0) is 14.2. The Morgan fingerprint density at radius 2 is 2.15 bits per heavy atom. The lowest BCUT2D eigenvalue weighted by molar-refractivity contribution is 0.107. The molecule has 1 aliphatic heterocycles. The quantitative estimate of drug-likeness (QED) is 0.829. The topological polar surface area (TPSA) is 12.5 Å². The molecule has 1 aromatic rings. The van der Waals surface area contributed by atoms with Gasteiger partial charge in [-0.1, -0.05) is 26.0 Å². The van der Waals surface area contributed by atoms with Crippen molar-refractivity contribution < 1.29 is 4.74 Å². The van der Waals surface area contributed by atoms with Gasteiger partial charge in [0.1, 0.15) is 5.75 Å². The largest absolute Gasteiger partial charge is 0.497 e. The number of hydrogen-bond donors (Lipinski definition) is 0. The number of nitrogens with zero attached hydrogens (tertiary/aromatic N) is 1. The van der Waals surface area contributed by atoms with E-state index in [1.807, 2.05) is 6.07 Å². The third-order valence-corrected chi connectivity index (χ3v) is 5.51. The van der Waals surface area contributed by atoms with Crippen LogP contribution in [-0.4, -0.2) is 31.6 Å². The second-order valence-corrected chi connectivity index (χ2v) is 7.00. The first kappa shape index (κ1) is 13.9. The van der Waals surface area contributed by atoms with Crippen LogP contribution in [0.2, 0.25) is 0 Å². The molecular formula is C18H27NO. The Hall–Kier alpha value is -1.02. The first-order valence-electron chi connectivity index (χ1n) is 7.98. The molecule has 1 aliphatic carbocycles. The Kier molecular flexibility index (Phi) is 3.76. The Morgan fingerprint density at radius 1 is 1.35 bits per heavy atom. The van der Waals surface area contributed by atoms with E-state index in [-0.39, 0.29) is 5.41 Å². The molecular weight excluding hydrogens is 246 g/mol. The predicted molar refractivity (Wildman–Crippen MR) is 83.3 cm³/mol. The summed E-state index contributed by atoms with van der Waals surface area (Å²) in [5.41, 5.74) is 1.73. The lowest BCUT2D eigenvalue weighted by atomic mass is 9.68. The second kappa shape index (κ2) is 5.40. The molecule has 20 heavy (non-hydrogen) atoms. The van der Waals surface area contributed by atoms with Gasteiger partial charge in [0.05, 0.1) is 7.11 Å². The van der Waals surface area contributed by atoms with Gasteiger partial charge < -0.3 is 9.64 Å². The van der Waals surface area contributed by atoms with E-state index in [0.717, 1.165) is 11.7 Å². The number of benzene rings is 1. The summed E-state index contributed by atoms with van der Waals surface area (Å²) in [4.78, 5) is 2.68. The molecule has 2 fully saturated rings. The van der Waals surface area contributed by atoms with E-state index < -0.39 is 0 Å². The highest BCUT2D eigenvalue weighted by molar-refractivity contribution is 5.34. The molecule has 0 aromatic heterocycles. The van der Waals surface area contributed by atoms with Crippen molar-refractivity contribution in [3.8, 4) is 5.75 Å². The van der Waals surface area contributed by atoms with Crippen molar-refractivity contribution >= 4 is 0 Å². The normalized spacial score (nSPS) is 31.2. The molecule has 1 saturated carbocycles. The minimum atomic E-state index is 0.286. The first-order valence-corrected chi connectivity index (χ1v) is 7.98. The van der Waals surface area contributed by atoms with Gasteiger partial charge in [-0.15, -0.1) is 0 Å². The molecule has 0 N–H and O–H groups in total. The zero-order valence-corrected chi connectivity index (χ0v) is 13.1. The standard InChI is InChI=1S/C18H27NO/c1-14-12-19(13-15-7-8-15)10-9-18(14,2)16-5-4-6-17(11-16)20-3/h4-6,11,14-15H,7-10,12-13H2,1-3H3/t14-,18-/m0/s1. The maximum absolute atomic E-state index is 5.40. The highest BCUT2D eigenvalue weighted by Crippen LogP contribution is 2.41. The smallest absolute Gasteiger partial charge is 0.119 e. The summed E-state index contributed by atoms with van der Waals surface area (Å²) in [6.45, 7) is 8.66. The molecule has 0 amide bonds. The van der Waals surface area contributed by atoms with E-state index in [1.165, 1.54) is 44.5 Å². The van der Waals surface area contributed by atoms with Crippen LogP contribution in [0.15, 0.2) is 24.3 Å². The molecule has 0 spiro atoms. The van der Waals surface area contributed by atoms with Crippen LogP contribution >= 0.6 is 0 Å². The number of piperidine rings is 1. The van der Waals surface area contributed by atoms with Gasteiger partial charge in [0.2, 0.25) is 0 Å². The van der Waals surface area contributed by atoms with Crippen LogP contribution in [0.25, 0.3) is 0 Å². The average molecular weight is 273 g/mol. The van der Waals surface area contributed by atoms with Crippen LogP contribution in [0.4, 0.5) is 0 Å². The predicted octanol–water partition coefficient (Wildman–Crippen LogP) is 3.70. The maximum Gasteiger partial charge on any atom is 0.119 e. The summed E-state index contributed by atoms with van der Waals surface area (Å²) in [5.74, 6) is 2.68. The number of ether oxygens (including phenoxy) is 1. The molecule has 2 nitrogen and oxygen atoms in total. The van der Waals surface area contributed by atoms with Crippen LogP contribution in [0, 0.1) is 11.8 Å². The van der Waals surface area contributed by atoms with Gasteiger partial charge in [-0.2, -0.15) is 0 Å². The SMILES string of the molecule is COc1cccc([C@@]2(C)CCN(CC3CC3)C[C@@H]2C)c1. The van der Waals surface area contributed by atoms with Gasteiger partial charge in [-0.25, -0.2) is 0 Å². The molecule has 2 heteroatoms. The van der Waals surface area contributed by atoms with E-state index in [1.54, 1.807) is 7.11 Å². The van der Waals surface area contributed by atoms with E-state index in [9.17, 15) is 0 Å². The highest BCUT2D eigenvalue weighted by Gasteiger charge is 2.39. The summed E-state index contributed by atoms with van der Waals surface area (Å²) in [7, 11) is 1.75. The average Bonchev–Trinajstić information content (AvgIpc) is 3.27. The molecule has 1 saturated heterocycles. The van der Waals surface area contributed by atoms with Crippen LogP contribution in [0.3, 0.4) is 0 Å². The van der Waals surface area contributed by atoms with E-state index >= 15 is 0 Å². The van der Waals surface area contributed by atoms with Gasteiger partial charge in [0.25, 0.3) is 0 Å². The number of likely N-dealkylation sites (tertiary alicyclic amines) is 1. The van der Waals surface area contributed by atoms with Crippen LogP contribution in [-0.2, 0) is 5.41 Å². The third kappa shape index (κ3) is 2.71. The van der Waals surface area contributed by atoms with Gasteiger partial charge in [0, 0.05) is 13.1 Å². The zero-order valence-electron chi connectivity index (χ0n) is 13.1. The molecule has 110 valence electrons. The van der Waals surface area contributed by atoms with Crippen molar-refractivity contribution in [3.05, 3.63) is 29.8 Å². The van der Waals surface area contributed by atoms with Crippen molar-refractivity contribution in [3.63, 3.8) is 0 Å². The number of hydrogen-bond acceptors (Lipinski definition) is 2. The Balaban J connectivity index is 1.74. The fourth-order valence-corrected chi connectivity index (χ4v) is 3.56. The highest BCUT2D eigenvalue weighted by atomic mass is 16.5. The lowest BCUT2D eigenvalue weighted by Gasteiger charge is -2.45. The van der Waals surface area contributed by atoms with Crippen LogP contribution in [0.1, 0.15) is 38.7 Å². The Morgan fingerprint density at radius 3 is 2.80 bits per heavy atom. The minimum Gasteiger partial charge on any atom is -0.497 e. The van der Waals surface area contributed by atoms with Crippen molar-refractivity contribution in [2.24, 2.45) is 11.8 Å². The molecule has 1 heterocycles. The van der Waals surface area contributed by atoms with E-state index in [2.05, 4.69) is 36.9 Å². The molecule has 1 aromatic carbocycles. The van der Waals surface area contributed by atoms with E-state index in [0.29, 0.717) is 5.92 Å². The summed E-state index contributed by atoms with van der Waals surface area (Å²) in [6, 6.07) is 8.67. The van der Waals surface area contributed by atoms with Crippen molar-refractivity contribution in [2.75, 3.05) is 26.7 Å². The van der Waals surface area contributed by atoms with Crippen LogP contribution < -0.4 is 4.74 Å². The van der Waals surface area contributed by atoms with E-state index in [4.69, 9.17) is 4.74 Å². The van der Waals surface area contributed by atoms with Gasteiger partial charge in [-0.3, -0.25) is 0 Å². The third-order valence-electron chi connectivity index (χ3n) is 5.51. The fraction of sp³-hybridized carbons (Fsp3) is 0.667. The van der Waals surface area contributed by atoms with Gasteiger partial charge in [0.15, 0.2) is 0 Å². The monoisotopic (exact) mass is 273 g/mol. The summed E-state index contributed by atoms with van der Waals surface area (Å²) in [6.07, 6.45) is 4.17. The molecule has 3 rings (SSSR count). The molecule has 0 bridgehead atoms. The van der Waals surface area contributed by atoms with Gasteiger partial charge in [-0.05, 0) is 60.8 Å². The number of methoxy groups -OCH3 is 1. The van der Waals surface area contributed by atoms with Crippen molar-refractivity contribution in [1.82, 2.24) is 4.90 Å². The number of rotatable bonds is 4. The van der Waals surface area contributed by atoms with Crippen molar-refractivity contribution in [2.45, 2.75) is 38.5 Å². The minimum absolute atomic E-state index is 0.286. The Labute approximate surface area is 123 Å². The van der Waals surface area contributed by atoms with Crippen LogP contribution in [0.5, 0.6) is 5.75 Å².